The van der Waals surface area contributed by atoms with Gasteiger partial charge in [-0.15, -0.1) is 0 Å². The predicted molar refractivity (Wildman–Crippen MR) is 75.0 cm³/mol. The fourth-order valence-corrected chi connectivity index (χ4v) is 2.03. The SMILES string of the molecule is N#CC(C(=O)c1ccc(Cl)cc1[N+](=O)[O-])c1ccncc1. The molecule has 0 aliphatic rings. The number of ketones is 1. The average Bonchev–Trinajstić information content (AvgIpc) is 2.48. The summed E-state index contributed by atoms with van der Waals surface area (Å²) in [6, 6.07) is 8.64. The number of hydrogen-bond donors (Lipinski definition) is 0. The zero-order valence-electron chi connectivity index (χ0n) is 10.6. The summed E-state index contributed by atoms with van der Waals surface area (Å²) in [5.41, 5.74) is -0.128. The lowest BCUT2D eigenvalue weighted by atomic mass is 9.92. The maximum Gasteiger partial charge on any atom is 0.281 e. The van der Waals surface area contributed by atoms with E-state index in [1.54, 1.807) is 0 Å². The van der Waals surface area contributed by atoms with Crippen molar-refractivity contribution in [1.29, 1.82) is 5.26 Å². The van der Waals surface area contributed by atoms with Crippen molar-refractivity contribution in [1.82, 2.24) is 4.98 Å². The van der Waals surface area contributed by atoms with E-state index in [-0.39, 0.29) is 10.6 Å². The first-order valence-corrected chi connectivity index (χ1v) is 6.20. The summed E-state index contributed by atoms with van der Waals surface area (Å²) in [6.45, 7) is 0. The molecule has 0 aliphatic carbocycles. The van der Waals surface area contributed by atoms with Gasteiger partial charge in [-0.3, -0.25) is 19.9 Å². The Hall–Kier alpha value is -2.78. The van der Waals surface area contributed by atoms with Crippen LogP contribution in [-0.2, 0) is 0 Å². The van der Waals surface area contributed by atoms with Gasteiger partial charge in [-0.05, 0) is 29.8 Å². The highest BCUT2D eigenvalue weighted by atomic mass is 35.5. The van der Waals surface area contributed by atoms with Gasteiger partial charge in [0.2, 0.25) is 0 Å². The van der Waals surface area contributed by atoms with E-state index in [1.807, 2.05) is 6.07 Å². The smallest absolute Gasteiger partial charge is 0.281 e. The van der Waals surface area contributed by atoms with Crippen LogP contribution in [0.15, 0.2) is 42.7 Å². The number of nitro groups is 1. The van der Waals surface area contributed by atoms with E-state index in [2.05, 4.69) is 4.98 Å². The predicted octanol–water partition coefficient (Wildman–Crippen LogP) is 3.13. The van der Waals surface area contributed by atoms with Crippen molar-refractivity contribution in [3.8, 4) is 6.07 Å². The van der Waals surface area contributed by atoms with Crippen molar-refractivity contribution >= 4 is 23.1 Å². The lowest BCUT2D eigenvalue weighted by Crippen LogP contribution is -2.13. The number of carbonyl (C=O) groups is 1. The summed E-state index contributed by atoms with van der Waals surface area (Å²) >= 11 is 5.71. The molecule has 2 rings (SSSR count). The van der Waals surface area contributed by atoms with Crippen molar-refractivity contribution in [2.24, 2.45) is 0 Å². The van der Waals surface area contributed by atoms with E-state index in [0.717, 1.165) is 6.07 Å². The molecule has 1 unspecified atom stereocenters. The summed E-state index contributed by atoms with van der Waals surface area (Å²) in [7, 11) is 0. The van der Waals surface area contributed by atoms with E-state index in [9.17, 15) is 20.2 Å². The Kier molecular flexibility index (Phi) is 4.26. The Balaban J connectivity index is 2.49. The van der Waals surface area contributed by atoms with Crippen molar-refractivity contribution in [2.75, 3.05) is 0 Å². The molecule has 6 nitrogen and oxygen atoms in total. The molecule has 0 aliphatic heterocycles. The molecular weight excluding hydrogens is 294 g/mol. The summed E-state index contributed by atoms with van der Waals surface area (Å²) in [6.07, 6.45) is 2.90. The molecule has 2 aromatic rings. The average molecular weight is 302 g/mol. The van der Waals surface area contributed by atoms with Gasteiger partial charge < -0.3 is 0 Å². The highest BCUT2D eigenvalue weighted by Gasteiger charge is 2.28. The normalized spacial score (nSPS) is 11.4. The molecule has 0 radical (unpaired) electrons. The fraction of sp³-hybridized carbons (Fsp3) is 0.0714. The van der Waals surface area contributed by atoms with Gasteiger partial charge in [0, 0.05) is 23.5 Å². The molecule has 104 valence electrons. The molecule has 0 saturated heterocycles. The van der Waals surface area contributed by atoms with Gasteiger partial charge in [0.1, 0.15) is 5.92 Å². The topological polar surface area (TPSA) is 96.9 Å². The van der Waals surface area contributed by atoms with E-state index >= 15 is 0 Å². The number of nitriles is 1. The van der Waals surface area contributed by atoms with Gasteiger partial charge >= 0.3 is 0 Å². The third kappa shape index (κ3) is 3.04. The molecule has 1 aromatic heterocycles. The molecule has 7 heteroatoms. The second kappa shape index (κ2) is 6.11. The number of Topliss-reactive ketones (excluding diaryl/α,β-unsaturated/α-hetero) is 1. The monoisotopic (exact) mass is 301 g/mol. The van der Waals surface area contributed by atoms with Crippen LogP contribution < -0.4 is 0 Å². The standard InChI is InChI=1S/C14H8ClN3O3/c15-10-1-2-11(13(7-10)18(20)21)14(19)12(8-16)9-3-5-17-6-4-9/h1-7,12H. The first kappa shape index (κ1) is 14.6. The van der Waals surface area contributed by atoms with Crippen molar-refractivity contribution in [3.63, 3.8) is 0 Å². The van der Waals surface area contributed by atoms with Gasteiger partial charge in [0.05, 0.1) is 16.6 Å². The van der Waals surface area contributed by atoms with Crippen molar-refractivity contribution < 1.29 is 9.72 Å². The van der Waals surface area contributed by atoms with E-state index in [1.165, 1.54) is 36.7 Å². The number of halogens is 1. The molecule has 0 amide bonds. The zero-order valence-corrected chi connectivity index (χ0v) is 11.3. The van der Waals surface area contributed by atoms with Crippen LogP contribution in [0.1, 0.15) is 21.8 Å². The first-order chi connectivity index (χ1) is 10.0. The van der Waals surface area contributed by atoms with Crippen LogP contribution in [0.4, 0.5) is 5.69 Å². The molecule has 1 atom stereocenters. The number of nitro benzene ring substituents is 1. The molecule has 21 heavy (non-hydrogen) atoms. The van der Waals surface area contributed by atoms with Crippen LogP contribution in [0, 0.1) is 21.4 Å². The van der Waals surface area contributed by atoms with Gasteiger partial charge in [-0.25, -0.2) is 0 Å². The second-order valence-electron chi connectivity index (χ2n) is 4.13. The van der Waals surface area contributed by atoms with Gasteiger partial charge in [0.15, 0.2) is 5.78 Å². The highest BCUT2D eigenvalue weighted by Crippen LogP contribution is 2.28. The molecule has 0 spiro atoms. The molecule has 0 fully saturated rings. The lowest BCUT2D eigenvalue weighted by molar-refractivity contribution is -0.385. The molecule has 1 heterocycles. The van der Waals surface area contributed by atoms with Crippen molar-refractivity contribution in [2.45, 2.75) is 5.92 Å². The third-order valence-electron chi connectivity index (χ3n) is 2.85. The Bertz CT molecular complexity index is 741. The number of aromatic nitrogens is 1. The Morgan fingerprint density at radius 1 is 1.33 bits per heavy atom. The summed E-state index contributed by atoms with van der Waals surface area (Å²) < 4.78 is 0. The molecule has 0 bridgehead atoms. The van der Waals surface area contributed by atoms with Gasteiger partial charge in [0.25, 0.3) is 5.69 Å². The Morgan fingerprint density at radius 3 is 2.57 bits per heavy atom. The minimum atomic E-state index is -1.13. The summed E-state index contributed by atoms with van der Waals surface area (Å²) in [4.78, 5) is 26.6. The number of rotatable bonds is 4. The maximum absolute atomic E-state index is 12.4. The van der Waals surface area contributed by atoms with Crippen LogP contribution in [-0.4, -0.2) is 15.7 Å². The van der Waals surface area contributed by atoms with Gasteiger partial charge in [-0.2, -0.15) is 5.26 Å². The minimum Gasteiger partial charge on any atom is -0.292 e. The summed E-state index contributed by atoms with van der Waals surface area (Å²) in [5, 5.41) is 20.4. The van der Waals surface area contributed by atoms with E-state index in [0.29, 0.717) is 5.56 Å². The first-order valence-electron chi connectivity index (χ1n) is 5.82. The van der Waals surface area contributed by atoms with Crippen LogP contribution in [0.5, 0.6) is 0 Å². The number of pyridine rings is 1. The summed E-state index contributed by atoms with van der Waals surface area (Å²) in [5.74, 6) is -1.78. The number of hydrogen-bond acceptors (Lipinski definition) is 5. The number of carbonyl (C=O) groups excluding carboxylic acids is 1. The quantitative estimate of drug-likeness (QED) is 0.491. The molecule has 1 aromatic carbocycles. The molecule has 0 N–H and O–H groups in total. The van der Waals surface area contributed by atoms with Crippen LogP contribution >= 0.6 is 11.6 Å². The van der Waals surface area contributed by atoms with Crippen LogP contribution in [0.3, 0.4) is 0 Å². The molecule has 0 saturated carbocycles. The van der Waals surface area contributed by atoms with Crippen molar-refractivity contribution in [3.05, 3.63) is 69.0 Å². The lowest BCUT2D eigenvalue weighted by Gasteiger charge is -2.08. The third-order valence-corrected chi connectivity index (χ3v) is 3.09. The van der Waals surface area contributed by atoms with E-state index < -0.39 is 22.3 Å². The number of nitrogens with zero attached hydrogens (tertiary/aromatic N) is 3. The van der Waals surface area contributed by atoms with Crippen LogP contribution in [0.2, 0.25) is 5.02 Å². The molecular formula is C14H8ClN3O3. The second-order valence-corrected chi connectivity index (χ2v) is 4.56. The zero-order chi connectivity index (χ0) is 15.4. The van der Waals surface area contributed by atoms with Gasteiger partial charge in [-0.1, -0.05) is 11.6 Å². The Labute approximate surface area is 124 Å². The Morgan fingerprint density at radius 2 is 2.00 bits per heavy atom. The van der Waals surface area contributed by atoms with Crippen LogP contribution in [0.25, 0.3) is 0 Å². The number of benzene rings is 1. The fourth-order valence-electron chi connectivity index (χ4n) is 1.86. The highest BCUT2D eigenvalue weighted by molar-refractivity contribution is 6.31. The maximum atomic E-state index is 12.4. The largest absolute Gasteiger partial charge is 0.292 e. The van der Waals surface area contributed by atoms with E-state index in [4.69, 9.17) is 11.6 Å². The minimum absolute atomic E-state index is 0.146.